The fourth-order valence-electron chi connectivity index (χ4n) is 2.09. The summed E-state index contributed by atoms with van der Waals surface area (Å²) in [5.41, 5.74) is -0.0265. The standard InChI is InChI=1S/C11H11ClN2OS/c12-9-3-1-8(2-4-9)11(15)7-16-10-13-5-6-14(10)11/h1-4,15H,5-7H2. The van der Waals surface area contributed by atoms with E-state index in [9.17, 15) is 5.11 Å². The molecule has 0 bridgehead atoms. The molecule has 1 atom stereocenters. The van der Waals surface area contributed by atoms with E-state index in [-0.39, 0.29) is 0 Å². The second-order valence-corrected chi connectivity index (χ2v) is 5.31. The molecule has 1 aromatic carbocycles. The third-order valence-corrected chi connectivity index (χ3v) is 4.36. The molecule has 16 heavy (non-hydrogen) atoms. The molecular formula is C11H11ClN2OS. The first-order valence-corrected chi connectivity index (χ1v) is 6.50. The second-order valence-electron chi connectivity index (χ2n) is 3.93. The summed E-state index contributed by atoms with van der Waals surface area (Å²) >= 11 is 7.46. The first-order valence-electron chi connectivity index (χ1n) is 5.13. The molecular weight excluding hydrogens is 244 g/mol. The minimum atomic E-state index is -0.912. The Kier molecular flexibility index (Phi) is 2.38. The first kappa shape index (κ1) is 10.4. The van der Waals surface area contributed by atoms with E-state index in [4.69, 9.17) is 11.6 Å². The van der Waals surface area contributed by atoms with Gasteiger partial charge in [-0.25, -0.2) is 0 Å². The predicted molar refractivity (Wildman–Crippen MR) is 66.8 cm³/mol. The monoisotopic (exact) mass is 254 g/mol. The van der Waals surface area contributed by atoms with Gasteiger partial charge in [0.25, 0.3) is 0 Å². The Morgan fingerprint density at radius 1 is 1.38 bits per heavy atom. The van der Waals surface area contributed by atoms with Gasteiger partial charge in [0.15, 0.2) is 10.9 Å². The fraction of sp³-hybridized carbons (Fsp3) is 0.364. The summed E-state index contributed by atoms with van der Waals surface area (Å²) in [7, 11) is 0. The quantitative estimate of drug-likeness (QED) is 0.832. The summed E-state index contributed by atoms with van der Waals surface area (Å²) in [6.45, 7) is 1.57. The lowest BCUT2D eigenvalue weighted by molar-refractivity contribution is -0.0425. The average molecular weight is 255 g/mol. The lowest BCUT2D eigenvalue weighted by Crippen LogP contribution is -2.43. The van der Waals surface area contributed by atoms with Crippen molar-refractivity contribution in [1.82, 2.24) is 4.90 Å². The number of hydrogen-bond donors (Lipinski definition) is 1. The Morgan fingerprint density at radius 2 is 2.12 bits per heavy atom. The predicted octanol–water partition coefficient (Wildman–Crippen LogP) is 1.90. The molecule has 3 nitrogen and oxygen atoms in total. The summed E-state index contributed by atoms with van der Waals surface area (Å²) < 4.78 is 0. The van der Waals surface area contributed by atoms with Crippen molar-refractivity contribution in [3.8, 4) is 0 Å². The van der Waals surface area contributed by atoms with Crippen LogP contribution in [0.5, 0.6) is 0 Å². The van der Waals surface area contributed by atoms with Crippen molar-refractivity contribution in [2.24, 2.45) is 4.99 Å². The lowest BCUT2D eigenvalue weighted by Gasteiger charge is -2.31. The van der Waals surface area contributed by atoms with E-state index in [2.05, 4.69) is 4.99 Å². The van der Waals surface area contributed by atoms with Gasteiger partial charge in [0.05, 0.1) is 12.3 Å². The number of thioether (sulfide) groups is 1. The highest BCUT2D eigenvalue weighted by Gasteiger charge is 2.46. The fourth-order valence-corrected chi connectivity index (χ4v) is 3.45. The van der Waals surface area contributed by atoms with Gasteiger partial charge in [-0.3, -0.25) is 4.99 Å². The van der Waals surface area contributed by atoms with Crippen LogP contribution in [0.3, 0.4) is 0 Å². The van der Waals surface area contributed by atoms with Crippen LogP contribution in [0, 0.1) is 0 Å². The molecule has 2 aliphatic rings. The van der Waals surface area contributed by atoms with Gasteiger partial charge in [0.1, 0.15) is 0 Å². The van der Waals surface area contributed by atoms with Crippen molar-refractivity contribution < 1.29 is 5.11 Å². The van der Waals surface area contributed by atoms with Crippen LogP contribution in [0.4, 0.5) is 0 Å². The molecule has 1 fully saturated rings. The van der Waals surface area contributed by atoms with Crippen LogP contribution in [0.15, 0.2) is 29.3 Å². The molecule has 3 rings (SSSR count). The first-order chi connectivity index (χ1) is 7.70. The highest BCUT2D eigenvalue weighted by Crippen LogP contribution is 2.40. The highest BCUT2D eigenvalue weighted by molar-refractivity contribution is 8.14. The number of halogens is 1. The van der Waals surface area contributed by atoms with Crippen LogP contribution in [0.2, 0.25) is 5.02 Å². The van der Waals surface area contributed by atoms with Gasteiger partial charge in [0.2, 0.25) is 0 Å². The van der Waals surface area contributed by atoms with E-state index >= 15 is 0 Å². The normalized spacial score (nSPS) is 28.1. The zero-order valence-corrected chi connectivity index (χ0v) is 10.1. The molecule has 0 radical (unpaired) electrons. The molecule has 1 unspecified atom stereocenters. The van der Waals surface area contributed by atoms with Gasteiger partial charge in [-0.2, -0.15) is 0 Å². The summed E-state index contributed by atoms with van der Waals surface area (Å²) in [6, 6.07) is 7.38. The van der Waals surface area contributed by atoms with Crippen LogP contribution < -0.4 is 0 Å². The maximum atomic E-state index is 10.7. The summed E-state index contributed by atoms with van der Waals surface area (Å²) in [5, 5.41) is 12.3. The molecule has 0 spiro atoms. The Bertz CT molecular complexity index is 448. The van der Waals surface area contributed by atoms with Gasteiger partial charge in [0, 0.05) is 17.1 Å². The van der Waals surface area contributed by atoms with Gasteiger partial charge in [-0.1, -0.05) is 35.5 Å². The molecule has 0 aromatic heterocycles. The van der Waals surface area contributed by atoms with Crippen molar-refractivity contribution in [1.29, 1.82) is 0 Å². The van der Waals surface area contributed by atoms with Gasteiger partial charge < -0.3 is 10.0 Å². The lowest BCUT2D eigenvalue weighted by atomic mass is 10.0. The van der Waals surface area contributed by atoms with E-state index in [1.54, 1.807) is 11.8 Å². The number of aliphatic hydroxyl groups is 1. The van der Waals surface area contributed by atoms with Gasteiger partial charge in [-0.15, -0.1) is 0 Å². The smallest absolute Gasteiger partial charge is 0.175 e. The minimum Gasteiger partial charge on any atom is -0.366 e. The number of nitrogens with zero attached hydrogens (tertiary/aromatic N) is 2. The maximum Gasteiger partial charge on any atom is 0.175 e. The third kappa shape index (κ3) is 1.44. The molecule has 1 N–H and O–H groups in total. The van der Waals surface area contributed by atoms with E-state index in [0.29, 0.717) is 10.8 Å². The number of hydrogen-bond acceptors (Lipinski definition) is 4. The second kappa shape index (κ2) is 3.65. The number of amidine groups is 1. The summed E-state index contributed by atoms with van der Waals surface area (Å²) in [6.07, 6.45) is 0. The largest absolute Gasteiger partial charge is 0.366 e. The number of benzene rings is 1. The Labute approximate surface area is 103 Å². The van der Waals surface area contributed by atoms with Crippen LogP contribution in [0.1, 0.15) is 5.56 Å². The Balaban J connectivity index is 1.99. The molecule has 5 heteroatoms. The zero-order chi connectivity index (χ0) is 11.2. The molecule has 0 saturated carbocycles. The van der Waals surface area contributed by atoms with Crippen LogP contribution in [-0.4, -0.2) is 34.0 Å². The summed E-state index contributed by atoms with van der Waals surface area (Å²) in [4.78, 5) is 6.33. The van der Waals surface area contributed by atoms with Crippen molar-refractivity contribution in [3.63, 3.8) is 0 Å². The topological polar surface area (TPSA) is 35.8 Å². The summed E-state index contributed by atoms with van der Waals surface area (Å²) in [5.74, 6) is 0.632. The van der Waals surface area contributed by atoms with E-state index in [0.717, 1.165) is 23.8 Å². The van der Waals surface area contributed by atoms with Crippen molar-refractivity contribution in [2.45, 2.75) is 5.72 Å². The minimum absolute atomic E-state index is 0.632. The van der Waals surface area contributed by atoms with E-state index < -0.39 is 5.72 Å². The Morgan fingerprint density at radius 3 is 2.88 bits per heavy atom. The number of aliphatic imine (C=N–C) groups is 1. The third-order valence-electron chi connectivity index (χ3n) is 2.96. The van der Waals surface area contributed by atoms with Gasteiger partial charge in [-0.05, 0) is 12.1 Å². The van der Waals surface area contributed by atoms with E-state index in [1.165, 1.54) is 0 Å². The maximum absolute atomic E-state index is 10.7. The van der Waals surface area contributed by atoms with E-state index in [1.807, 2.05) is 29.2 Å². The average Bonchev–Trinajstić information content (AvgIpc) is 2.85. The van der Waals surface area contributed by atoms with Crippen LogP contribution in [0.25, 0.3) is 0 Å². The molecule has 84 valence electrons. The van der Waals surface area contributed by atoms with Crippen LogP contribution in [-0.2, 0) is 5.72 Å². The van der Waals surface area contributed by atoms with Crippen LogP contribution >= 0.6 is 23.4 Å². The van der Waals surface area contributed by atoms with Crippen molar-refractivity contribution >= 4 is 28.5 Å². The number of fused-ring (bicyclic) bond motifs is 1. The highest BCUT2D eigenvalue weighted by atomic mass is 35.5. The zero-order valence-electron chi connectivity index (χ0n) is 8.56. The van der Waals surface area contributed by atoms with Crippen molar-refractivity contribution in [2.75, 3.05) is 18.8 Å². The molecule has 0 amide bonds. The molecule has 2 aliphatic heterocycles. The molecule has 1 aromatic rings. The molecule has 2 heterocycles. The molecule has 1 saturated heterocycles. The van der Waals surface area contributed by atoms with Gasteiger partial charge >= 0.3 is 0 Å². The SMILES string of the molecule is OC1(c2ccc(Cl)cc2)CSC2=NCCN21. The van der Waals surface area contributed by atoms with Crippen molar-refractivity contribution in [3.05, 3.63) is 34.9 Å². The Hall–Kier alpha value is -0.710. The molecule has 0 aliphatic carbocycles. The number of rotatable bonds is 1.